The lowest BCUT2D eigenvalue weighted by molar-refractivity contribution is -0.123. The molecule has 2 rings (SSSR count). The first-order chi connectivity index (χ1) is 11.7. The molecule has 1 aromatic carbocycles. The van der Waals surface area contributed by atoms with E-state index in [1.165, 1.54) is 18.4 Å². The normalized spacial score (nSPS) is 11.5. The second kappa shape index (κ2) is 9.09. The van der Waals surface area contributed by atoms with E-state index in [9.17, 15) is 9.59 Å². The average Bonchev–Trinajstić information content (AvgIpc) is 3.13. The van der Waals surface area contributed by atoms with Gasteiger partial charge in [-0.25, -0.2) is 5.43 Å². The molecule has 1 aromatic heterocycles. The predicted octanol–water partition coefficient (Wildman–Crippen LogP) is 2.34. The van der Waals surface area contributed by atoms with E-state index in [4.69, 9.17) is 4.42 Å². The first kappa shape index (κ1) is 17.2. The molecule has 2 N–H and O–H groups in total. The maximum Gasteiger partial charge on any atom is 0.259 e. The second-order valence-corrected chi connectivity index (χ2v) is 4.88. The third-order valence-electron chi connectivity index (χ3n) is 3.12. The van der Waals surface area contributed by atoms with Crippen LogP contribution in [0, 0.1) is 0 Å². The highest BCUT2D eigenvalue weighted by Gasteiger charge is 2.04. The van der Waals surface area contributed by atoms with Gasteiger partial charge in [0.1, 0.15) is 5.76 Å². The number of amides is 2. The van der Waals surface area contributed by atoms with Crippen LogP contribution in [0.15, 0.2) is 64.3 Å². The van der Waals surface area contributed by atoms with Crippen LogP contribution in [-0.2, 0) is 9.59 Å². The van der Waals surface area contributed by atoms with E-state index < -0.39 is 5.91 Å². The predicted molar refractivity (Wildman–Crippen MR) is 92.2 cm³/mol. The van der Waals surface area contributed by atoms with Gasteiger partial charge < -0.3 is 9.73 Å². The Kier molecular flexibility index (Phi) is 6.52. The summed E-state index contributed by atoms with van der Waals surface area (Å²) in [5, 5.41) is 6.59. The summed E-state index contributed by atoms with van der Waals surface area (Å²) in [6.07, 6.45) is 5.02. The Bertz CT molecular complexity index is 719. The van der Waals surface area contributed by atoms with E-state index in [0.29, 0.717) is 12.2 Å². The molecule has 1 heterocycles. The van der Waals surface area contributed by atoms with Crippen molar-refractivity contribution in [3.05, 3.63) is 66.1 Å². The molecule has 0 unspecified atom stereocenters. The number of nitrogens with zero attached hydrogens (tertiary/aromatic N) is 1. The Morgan fingerprint density at radius 3 is 2.62 bits per heavy atom. The van der Waals surface area contributed by atoms with Crippen LogP contribution in [-0.4, -0.2) is 24.1 Å². The molecule has 0 fully saturated rings. The van der Waals surface area contributed by atoms with E-state index >= 15 is 0 Å². The summed E-state index contributed by atoms with van der Waals surface area (Å²) < 4.78 is 5.06. The van der Waals surface area contributed by atoms with Crippen molar-refractivity contribution in [3.8, 4) is 0 Å². The molecule has 124 valence electrons. The maximum atomic E-state index is 11.8. The van der Waals surface area contributed by atoms with Crippen molar-refractivity contribution < 1.29 is 14.0 Å². The summed E-state index contributed by atoms with van der Waals surface area (Å²) in [5.74, 6) is -0.212. The number of hydrogen-bond acceptors (Lipinski definition) is 4. The number of benzene rings is 1. The van der Waals surface area contributed by atoms with E-state index in [1.807, 2.05) is 37.3 Å². The van der Waals surface area contributed by atoms with Crippen LogP contribution in [0.1, 0.15) is 24.7 Å². The maximum absolute atomic E-state index is 11.8. The van der Waals surface area contributed by atoms with Gasteiger partial charge in [0.2, 0.25) is 5.91 Å². The molecule has 0 spiro atoms. The van der Waals surface area contributed by atoms with E-state index in [1.54, 1.807) is 12.1 Å². The zero-order valence-corrected chi connectivity index (χ0v) is 13.4. The second-order valence-electron chi connectivity index (χ2n) is 4.88. The lowest BCUT2D eigenvalue weighted by atomic mass is 10.1. The standard InChI is InChI=1S/C18H19N3O3/c1-2-16(14-7-4-3-5-8-14)20-21-18(23)13-19-17(22)11-10-15-9-6-12-24-15/h3-12H,2,13H2,1H3,(H,19,22)(H,21,23)/b11-10+,20-16+. The Labute approximate surface area is 140 Å². The third kappa shape index (κ3) is 5.57. The molecular formula is C18H19N3O3. The fourth-order valence-electron chi connectivity index (χ4n) is 1.92. The van der Waals surface area contributed by atoms with Gasteiger partial charge in [0, 0.05) is 6.08 Å². The van der Waals surface area contributed by atoms with Gasteiger partial charge in [0.05, 0.1) is 18.5 Å². The van der Waals surface area contributed by atoms with Crippen molar-refractivity contribution in [1.82, 2.24) is 10.7 Å². The zero-order chi connectivity index (χ0) is 17.2. The molecule has 6 nitrogen and oxygen atoms in total. The first-order valence-electron chi connectivity index (χ1n) is 7.59. The quantitative estimate of drug-likeness (QED) is 0.465. The molecule has 0 aliphatic heterocycles. The molecule has 0 radical (unpaired) electrons. The number of furan rings is 1. The third-order valence-corrected chi connectivity index (χ3v) is 3.12. The minimum atomic E-state index is -0.392. The summed E-state index contributed by atoms with van der Waals surface area (Å²) in [4.78, 5) is 23.4. The van der Waals surface area contributed by atoms with Gasteiger partial charge in [-0.1, -0.05) is 37.3 Å². The van der Waals surface area contributed by atoms with Gasteiger partial charge in [-0.15, -0.1) is 0 Å². The molecule has 0 aliphatic rings. The van der Waals surface area contributed by atoms with Gasteiger partial charge in [0.25, 0.3) is 5.91 Å². The van der Waals surface area contributed by atoms with Crippen LogP contribution < -0.4 is 10.7 Å². The van der Waals surface area contributed by atoms with Crippen LogP contribution in [0.25, 0.3) is 6.08 Å². The summed E-state index contributed by atoms with van der Waals surface area (Å²) >= 11 is 0. The fourth-order valence-corrected chi connectivity index (χ4v) is 1.92. The van der Waals surface area contributed by atoms with Crippen LogP contribution >= 0.6 is 0 Å². The fraction of sp³-hybridized carbons (Fsp3) is 0.167. The largest absolute Gasteiger partial charge is 0.465 e. The molecule has 6 heteroatoms. The van der Waals surface area contributed by atoms with Crippen molar-refractivity contribution >= 4 is 23.6 Å². The number of hydrazone groups is 1. The van der Waals surface area contributed by atoms with Crippen LogP contribution in [0.3, 0.4) is 0 Å². The molecule has 0 aliphatic carbocycles. The molecule has 0 atom stereocenters. The monoisotopic (exact) mass is 325 g/mol. The van der Waals surface area contributed by atoms with Gasteiger partial charge in [-0.2, -0.15) is 5.10 Å². The highest BCUT2D eigenvalue weighted by atomic mass is 16.3. The van der Waals surface area contributed by atoms with Crippen molar-refractivity contribution in [1.29, 1.82) is 0 Å². The highest BCUT2D eigenvalue weighted by molar-refractivity contribution is 6.01. The molecular weight excluding hydrogens is 306 g/mol. The van der Waals surface area contributed by atoms with Crippen LogP contribution in [0.2, 0.25) is 0 Å². The minimum absolute atomic E-state index is 0.156. The van der Waals surface area contributed by atoms with Crippen LogP contribution in [0.5, 0.6) is 0 Å². The number of carbonyl (C=O) groups excluding carboxylic acids is 2. The molecule has 2 aromatic rings. The molecule has 24 heavy (non-hydrogen) atoms. The van der Waals surface area contributed by atoms with Gasteiger partial charge in [0.15, 0.2) is 0 Å². The van der Waals surface area contributed by atoms with E-state index in [2.05, 4.69) is 15.8 Å². The molecule has 2 amide bonds. The van der Waals surface area contributed by atoms with Gasteiger partial charge >= 0.3 is 0 Å². The number of carbonyl (C=O) groups is 2. The minimum Gasteiger partial charge on any atom is -0.465 e. The van der Waals surface area contributed by atoms with Gasteiger partial charge in [-0.3, -0.25) is 9.59 Å². The molecule has 0 bridgehead atoms. The molecule has 0 saturated heterocycles. The Balaban J connectivity index is 1.80. The van der Waals surface area contributed by atoms with Gasteiger partial charge in [-0.05, 0) is 30.2 Å². The Hall–Kier alpha value is -3.15. The van der Waals surface area contributed by atoms with E-state index in [0.717, 1.165) is 11.3 Å². The lowest BCUT2D eigenvalue weighted by Crippen LogP contribution is -2.34. The Morgan fingerprint density at radius 1 is 1.17 bits per heavy atom. The molecule has 0 saturated carbocycles. The SMILES string of the molecule is CC/C(=N\NC(=O)CNC(=O)/C=C/c1ccco1)c1ccccc1. The van der Waals surface area contributed by atoms with Crippen molar-refractivity contribution in [2.24, 2.45) is 5.10 Å². The number of nitrogens with one attached hydrogen (secondary N) is 2. The number of hydrogen-bond donors (Lipinski definition) is 2. The Morgan fingerprint density at radius 2 is 1.96 bits per heavy atom. The average molecular weight is 325 g/mol. The van der Waals surface area contributed by atoms with Crippen molar-refractivity contribution in [2.45, 2.75) is 13.3 Å². The van der Waals surface area contributed by atoms with Crippen molar-refractivity contribution in [2.75, 3.05) is 6.54 Å². The topological polar surface area (TPSA) is 83.7 Å². The summed E-state index contributed by atoms with van der Waals surface area (Å²) in [5.41, 5.74) is 4.17. The summed E-state index contributed by atoms with van der Waals surface area (Å²) in [7, 11) is 0. The van der Waals surface area contributed by atoms with Crippen molar-refractivity contribution in [3.63, 3.8) is 0 Å². The smallest absolute Gasteiger partial charge is 0.259 e. The summed E-state index contributed by atoms with van der Waals surface area (Å²) in [6, 6.07) is 13.0. The highest BCUT2D eigenvalue weighted by Crippen LogP contribution is 2.03. The first-order valence-corrected chi connectivity index (χ1v) is 7.59. The van der Waals surface area contributed by atoms with E-state index in [-0.39, 0.29) is 12.5 Å². The summed E-state index contributed by atoms with van der Waals surface area (Å²) in [6.45, 7) is 1.80. The van der Waals surface area contributed by atoms with Crippen LogP contribution in [0.4, 0.5) is 0 Å². The lowest BCUT2D eigenvalue weighted by Gasteiger charge is -2.05. The number of rotatable bonds is 7. The zero-order valence-electron chi connectivity index (χ0n) is 13.4.